The molecule has 27 heavy (non-hydrogen) atoms. The first kappa shape index (κ1) is 17.5. The van der Waals surface area contributed by atoms with Crippen molar-refractivity contribution in [3.8, 4) is 5.69 Å². The molecule has 0 saturated carbocycles. The van der Waals surface area contributed by atoms with E-state index in [1.54, 1.807) is 36.9 Å². The van der Waals surface area contributed by atoms with E-state index in [0.717, 1.165) is 14.1 Å². The van der Waals surface area contributed by atoms with E-state index in [1.165, 1.54) is 66.5 Å². The lowest BCUT2D eigenvalue weighted by Gasteiger charge is -2.14. The van der Waals surface area contributed by atoms with Gasteiger partial charge < -0.3 is 5.11 Å². The zero-order chi connectivity index (χ0) is 18.6. The lowest BCUT2D eigenvalue weighted by Crippen LogP contribution is -2.14. The highest BCUT2D eigenvalue weighted by molar-refractivity contribution is 8.01. The van der Waals surface area contributed by atoms with Gasteiger partial charge in [0, 0.05) is 6.20 Å². The molecule has 0 fully saturated rings. The molecule has 140 valence electrons. The summed E-state index contributed by atoms with van der Waals surface area (Å²) in [6, 6.07) is 2.46. The summed E-state index contributed by atoms with van der Waals surface area (Å²) in [5.41, 5.74) is 6.56. The van der Waals surface area contributed by atoms with Crippen LogP contribution in [0.4, 0.5) is 0 Å². The van der Waals surface area contributed by atoms with Crippen molar-refractivity contribution in [3.05, 3.63) is 51.9 Å². The number of aliphatic hydroxyl groups is 1. The second-order valence-electron chi connectivity index (χ2n) is 7.97. The first-order chi connectivity index (χ1) is 13.0. The van der Waals surface area contributed by atoms with Crippen LogP contribution in [0, 0.1) is 0 Å². The van der Waals surface area contributed by atoms with Crippen LogP contribution in [0.5, 0.6) is 0 Å². The first-order valence-electron chi connectivity index (χ1n) is 9.57. The van der Waals surface area contributed by atoms with Crippen LogP contribution in [0.2, 0.25) is 0 Å². The number of rotatable bonds is 4. The van der Waals surface area contributed by atoms with Crippen LogP contribution >= 0.6 is 23.1 Å². The summed E-state index contributed by atoms with van der Waals surface area (Å²) in [6.07, 6.45) is 13.2. The Morgan fingerprint density at radius 3 is 2.41 bits per heavy atom. The summed E-state index contributed by atoms with van der Waals surface area (Å²) in [5.74, 6) is 0. The van der Waals surface area contributed by atoms with Gasteiger partial charge in [-0.1, -0.05) is 17.8 Å². The third-order valence-corrected chi connectivity index (χ3v) is 7.81. The van der Waals surface area contributed by atoms with Crippen molar-refractivity contribution < 1.29 is 5.11 Å². The Hall–Kier alpha value is -1.63. The van der Waals surface area contributed by atoms with E-state index in [9.17, 15) is 5.11 Å². The van der Waals surface area contributed by atoms with Crippen molar-refractivity contribution in [2.75, 3.05) is 0 Å². The monoisotopic (exact) mass is 397 g/mol. The van der Waals surface area contributed by atoms with Gasteiger partial charge in [0.25, 0.3) is 0 Å². The predicted molar refractivity (Wildman–Crippen MR) is 109 cm³/mol. The summed E-state index contributed by atoms with van der Waals surface area (Å²) in [4.78, 5) is 5.48. The molecule has 0 bridgehead atoms. The van der Waals surface area contributed by atoms with Crippen molar-refractivity contribution in [2.24, 2.45) is 0 Å². The highest BCUT2D eigenvalue weighted by Gasteiger charge is 2.26. The number of hydrogen-bond acceptors (Lipinski definition) is 5. The number of aryl methyl sites for hydroxylation is 2. The zero-order valence-electron chi connectivity index (χ0n) is 15.7. The smallest absolute Gasteiger partial charge is 0.125 e. The molecule has 2 aliphatic rings. The Balaban J connectivity index is 1.48. The van der Waals surface area contributed by atoms with Crippen LogP contribution in [-0.2, 0) is 31.3 Å². The molecule has 4 nitrogen and oxygen atoms in total. The molecule has 0 atom stereocenters. The first-order valence-corrected chi connectivity index (χ1v) is 11.2. The zero-order valence-corrected chi connectivity index (χ0v) is 17.3. The van der Waals surface area contributed by atoms with Crippen LogP contribution in [-0.4, -0.2) is 19.9 Å². The summed E-state index contributed by atoms with van der Waals surface area (Å²) in [7, 11) is 0. The molecule has 2 aromatic heterocycles. The topological polar surface area (TPSA) is 50.9 Å². The van der Waals surface area contributed by atoms with E-state index in [4.69, 9.17) is 5.10 Å². The average molecular weight is 398 g/mol. The van der Waals surface area contributed by atoms with E-state index >= 15 is 0 Å². The number of hydrogen-bond donors (Lipinski definition) is 1. The van der Waals surface area contributed by atoms with Gasteiger partial charge in [-0.05, 0) is 74.6 Å². The van der Waals surface area contributed by atoms with Gasteiger partial charge in [-0.2, -0.15) is 5.10 Å². The second-order valence-corrected chi connectivity index (χ2v) is 10.4. The quantitative estimate of drug-likeness (QED) is 0.694. The summed E-state index contributed by atoms with van der Waals surface area (Å²) < 4.78 is 3.18. The molecule has 2 aliphatic carbocycles. The van der Waals surface area contributed by atoms with Crippen molar-refractivity contribution in [3.63, 3.8) is 0 Å². The van der Waals surface area contributed by atoms with Crippen LogP contribution in [0.3, 0.4) is 0 Å². The van der Waals surface area contributed by atoms with Gasteiger partial charge in [0.15, 0.2) is 0 Å². The van der Waals surface area contributed by atoms with Gasteiger partial charge in [-0.3, -0.25) is 0 Å². The molecular weight excluding hydrogens is 374 g/mol. The van der Waals surface area contributed by atoms with Crippen LogP contribution in [0.15, 0.2) is 33.8 Å². The minimum Gasteiger partial charge on any atom is -0.383 e. The molecule has 0 saturated heterocycles. The molecule has 0 amide bonds. The SMILES string of the molecule is CC(C)(O)c1ncc(Sc2cnn(-c3c4c(cc5c3CCC5)CCC4)c2)s1. The van der Waals surface area contributed by atoms with Gasteiger partial charge >= 0.3 is 0 Å². The number of benzene rings is 1. The third-order valence-electron chi connectivity index (χ3n) is 5.46. The van der Waals surface area contributed by atoms with Gasteiger partial charge in [-0.25, -0.2) is 9.67 Å². The maximum absolute atomic E-state index is 10.1. The minimum atomic E-state index is -0.890. The lowest BCUT2D eigenvalue weighted by atomic mass is 9.99. The molecule has 0 spiro atoms. The number of fused-ring (bicyclic) bond motifs is 2. The minimum absolute atomic E-state index is 0.746. The maximum Gasteiger partial charge on any atom is 0.125 e. The Morgan fingerprint density at radius 1 is 1.07 bits per heavy atom. The molecule has 0 radical (unpaired) electrons. The molecule has 6 heteroatoms. The molecule has 0 aliphatic heterocycles. The Morgan fingerprint density at radius 2 is 1.78 bits per heavy atom. The number of aromatic nitrogens is 3. The summed E-state index contributed by atoms with van der Waals surface area (Å²) in [6.45, 7) is 3.55. The van der Waals surface area contributed by atoms with Crippen molar-refractivity contribution in [2.45, 2.75) is 67.1 Å². The molecular formula is C21H23N3OS2. The van der Waals surface area contributed by atoms with E-state index in [1.807, 2.05) is 12.4 Å². The fraction of sp³-hybridized carbons (Fsp3) is 0.429. The van der Waals surface area contributed by atoms with E-state index in [-0.39, 0.29) is 0 Å². The van der Waals surface area contributed by atoms with Gasteiger partial charge in [0.2, 0.25) is 0 Å². The van der Waals surface area contributed by atoms with E-state index in [2.05, 4.69) is 21.9 Å². The number of nitrogens with zero attached hydrogens (tertiary/aromatic N) is 3. The van der Waals surface area contributed by atoms with Crippen LogP contribution < -0.4 is 0 Å². The normalized spacial score (nSPS) is 16.0. The van der Waals surface area contributed by atoms with Crippen molar-refractivity contribution >= 4 is 23.1 Å². The Kier molecular flexibility index (Phi) is 4.18. The highest BCUT2D eigenvalue weighted by atomic mass is 32.2. The Labute approximate surface area is 167 Å². The summed E-state index contributed by atoms with van der Waals surface area (Å²) in [5, 5.41) is 15.6. The van der Waals surface area contributed by atoms with E-state index in [0.29, 0.717) is 0 Å². The summed E-state index contributed by atoms with van der Waals surface area (Å²) >= 11 is 3.21. The Bertz CT molecular complexity index is 981. The highest BCUT2D eigenvalue weighted by Crippen LogP contribution is 2.39. The van der Waals surface area contributed by atoms with Gasteiger partial charge in [0.1, 0.15) is 10.6 Å². The fourth-order valence-corrected chi connectivity index (χ4v) is 6.18. The standard InChI is InChI=1S/C21H23N3OS2/c1-21(2,25)20-22-11-18(27-20)26-15-10-23-24(12-15)19-16-7-3-5-13(16)9-14-6-4-8-17(14)19/h9-12,25H,3-8H2,1-2H3. The molecule has 1 N–H and O–H groups in total. The predicted octanol–water partition coefficient (Wildman–Crippen LogP) is 4.68. The maximum atomic E-state index is 10.1. The van der Waals surface area contributed by atoms with Crippen molar-refractivity contribution in [1.82, 2.24) is 14.8 Å². The van der Waals surface area contributed by atoms with Crippen LogP contribution in [0.25, 0.3) is 5.69 Å². The molecule has 5 rings (SSSR count). The molecule has 1 aromatic carbocycles. The van der Waals surface area contributed by atoms with Gasteiger partial charge in [-0.15, -0.1) is 11.3 Å². The number of thiazole rings is 1. The second kappa shape index (κ2) is 6.47. The fourth-order valence-electron chi connectivity index (χ4n) is 4.25. The van der Waals surface area contributed by atoms with Crippen LogP contribution in [0.1, 0.15) is 54.0 Å². The molecule has 3 aromatic rings. The van der Waals surface area contributed by atoms with Crippen molar-refractivity contribution in [1.29, 1.82) is 0 Å². The average Bonchev–Trinajstić information content (AvgIpc) is 3.39. The largest absolute Gasteiger partial charge is 0.383 e. The molecule has 2 heterocycles. The third kappa shape index (κ3) is 3.13. The lowest BCUT2D eigenvalue weighted by molar-refractivity contribution is 0.0783. The van der Waals surface area contributed by atoms with E-state index < -0.39 is 5.60 Å². The van der Waals surface area contributed by atoms with Gasteiger partial charge in [0.05, 0.1) is 27.2 Å². The molecule has 0 unspecified atom stereocenters.